The minimum absolute atomic E-state index is 0.0312. The first-order valence-corrected chi connectivity index (χ1v) is 8.51. The van der Waals surface area contributed by atoms with Crippen molar-refractivity contribution in [2.75, 3.05) is 23.4 Å². The summed E-state index contributed by atoms with van der Waals surface area (Å²) in [5, 5.41) is 5.57. The lowest BCUT2D eigenvalue weighted by Gasteiger charge is -2.14. The largest absolute Gasteiger partial charge is 0.338 e. The molecule has 2 amide bonds. The molecule has 1 aliphatic rings. The zero-order valence-corrected chi connectivity index (χ0v) is 12.6. The highest BCUT2D eigenvalue weighted by molar-refractivity contribution is 7.91. The average Bonchev–Trinajstić information content (AvgIpc) is 2.71. The van der Waals surface area contributed by atoms with Gasteiger partial charge in [0.1, 0.15) is 0 Å². The van der Waals surface area contributed by atoms with Crippen molar-refractivity contribution in [1.82, 2.24) is 5.32 Å². The van der Waals surface area contributed by atoms with Crippen molar-refractivity contribution in [3.05, 3.63) is 29.3 Å². The van der Waals surface area contributed by atoms with Crippen LogP contribution in [0.1, 0.15) is 17.5 Å². The van der Waals surface area contributed by atoms with Gasteiger partial charge in [-0.1, -0.05) is 18.2 Å². The molecule has 0 spiro atoms. The minimum atomic E-state index is -2.89. The normalized spacial score (nSPS) is 20.6. The van der Waals surface area contributed by atoms with Crippen LogP contribution in [-0.4, -0.2) is 32.5 Å². The van der Waals surface area contributed by atoms with E-state index in [0.717, 1.165) is 16.8 Å². The van der Waals surface area contributed by atoms with Gasteiger partial charge in [-0.05, 0) is 37.3 Å². The average molecular weight is 296 g/mol. The summed E-state index contributed by atoms with van der Waals surface area (Å²) >= 11 is 0. The topological polar surface area (TPSA) is 75.3 Å². The van der Waals surface area contributed by atoms with Crippen LogP contribution in [0.3, 0.4) is 0 Å². The summed E-state index contributed by atoms with van der Waals surface area (Å²) < 4.78 is 22.7. The Kier molecular flexibility index (Phi) is 4.32. The van der Waals surface area contributed by atoms with Crippen LogP contribution in [0.25, 0.3) is 0 Å². The van der Waals surface area contributed by atoms with Gasteiger partial charge in [0.05, 0.1) is 11.5 Å². The van der Waals surface area contributed by atoms with Crippen molar-refractivity contribution in [2.45, 2.75) is 20.3 Å². The van der Waals surface area contributed by atoms with Crippen LogP contribution in [0.5, 0.6) is 0 Å². The van der Waals surface area contributed by atoms with Gasteiger partial charge in [-0.25, -0.2) is 13.2 Å². The predicted molar refractivity (Wildman–Crippen MR) is 79.7 cm³/mol. The number of rotatable bonds is 3. The van der Waals surface area contributed by atoms with Gasteiger partial charge in [0.2, 0.25) is 0 Å². The lowest BCUT2D eigenvalue weighted by atomic mass is 10.1. The van der Waals surface area contributed by atoms with Crippen molar-refractivity contribution in [1.29, 1.82) is 0 Å². The number of benzene rings is 1. The van der Waals surface area contributed by atoms with Gasteiger partial charge in [-0.15, -0.1) is 0 Å². The van der Waals surface area contributed by atoms with E-state index in [9.17, 15) is 13.2 Å². The molecular formula is C14H20N2O3S. The fraction of sp³-hybridized carbons (Fsp3) is 0.500. The summed E-state index contributed by atoms with van der Waals surface area (Å²) in [6.07, 6.45) is 0.631. The van der Waals surface area contributed by atoms with Gasteiger partial charge >= 0.3 is 6.03 Å². The number of carbonyl (C=O) groups is 1. The van der Waals surface area contributed by atoms with Gasteiger partial charge in [0, 0.05) is 12.2 Å². The van der Waals surface area contributed by atoms with Crippen LogP contribution in [-0.2, 0) is 9.84 Å². The zero-order valence-electron chi connectivity index (χ0n) is 11.8. The molecule has 6 heteroatoms. The lowest BCUT2D eigenvalue weighted by molar-refractivity contribution is 0.250. The van der Waals surface area contributed by atoms with Crippen molar-refractivity contribution >= 4 is 21.6 Å². The molecule has 1 fully saturated rings. The Labute approximate surface area is 119 Å². The number of amides is 2. The molecule has 5 nitrogen and oxygen atoms in total. The molecule has 0 unspecified atom stereocenters. The standard InChI is InChI=1S/C14H20N2O3S/c1-10-4-3-5-11(2)13(10)16-14(17)15-8-12-6-7-20(18,19)9-12/h3-5,12H,6-9H2,1-2H3,(H2,15,16,17)/t12-/m0/s1. The number of anilines is 1. The van der Waals surface area contributed by atoms with Gasteiger partial charge in [0.15, 0.2) is 9.84 Å². The number of aryl methyl sites for hydroxylation is 2. The molecule has 0 aromatic heterocycles. The maximum absolute atomic E-state index is 11.9. The number of nitrogens with one attached hydrogen (secondary N) is 2. The molecule has 1 saturated heterocycles. The highest BCUT2D eigenvalue weighted by Gasteiger charge is 2.27. The Morgan fingerprint density at radius 2 is 1.95 bits per heavy atom. The molecule has 1 atom stereocenters. The second kappa shape index (κ2) is 5.83. The monoisotopic (exact) mass is 296 g/mol. The summed E-state index contributed by atoms with van der Waals surface area (Å²) in [4.78, 5) is 11.9. The van der Waals surface area contributed by atoms with Gasteiger partial charge in [-0.3, -0.25) is 0 Å². The van der Waals surface area contributed by atoms with Crippen molar-refractivity contribution < 1.29 is 13.2 Å². The number of carbonyl (C=O) groups excluding carboxylic acids is 1. The predicted octanol–water partition coefficient (Wildman–Crippen LogP) is 1.86. The Morgan fingerprint density at radius 1 is 1.30 bits per heavy atom. The third kappa shape index (κ3) is 3.72. The minimum Gasteiger partial charge on any atom is -0.338 e. The van der Waals surface area contributed by atoms with E-state index >= 15 is 0 Å². The number of hydrogen-bond donors (Lipinski definition) is 2. The van der Waals surface area contributed by atoms with Crippen molar-refractivity contribution in [3.63, 3.8) is 0 Å². The maximum atomic E-state index is 11.9. The van der Waals surface area contributed by atoms with E-state index in [2.05, 4.69) is 10.6 Å². The summed E-state index contributed by atoms with van der Waals surface area (Å²) in [6.45, 7) is 4.27. The first-order valence-electron chi connectivity index (χ1n) is 6.69. The summed E-state index contributed by atoms with van der Waals surface area (Å²) in [5.74, 6) is 0.442. The molecule has 2 rings (SSSR count). The molecule has 0 bridgehead atoms. The van der Waals surface area contributed by atoms with Crippen molar-refractivity contribution in [3.8, 4) is 0 Å². The number of para-hydroxylation sites is 1. The van der Waals surface area contributed by atoms with E-state index in [0.29, 0.717) is 13.0 Å². The third-order valence-corrected chi connectivity index (χ3v) is 5.43. The van der Waals surface area contributed by atoms with Crippen LogP contribution in [0.2, 0.25) is 0 Å². The highest BCUT2D eigenvalue weighted by atomic mass is 32.2. The SMILES string of the molecule is Cc1cccc(C)c1NC(=O)NC[C@@H]1CCS(=O)(=O)C1. The second-order valence-corrected chi connectivity index (χ2v) is 7.60. The molecule has 0 radical (unpaired) electrons. The smallest absolute Gasteiger partial charge is 0.319 e. The highest BCUT2D eigenvalue weighted by Crippen LogP contribution is 2.20. The molecule has 2 N–H and O–H groups in total. The quantitative estimate of drug-likeness (QED) is 0.894. The summed E-state index contributed by atoms with van der Waals surface area (Å²) in [6, 6.07) is 5.53. The van der Waals surface area contributed by atoms with Gasteiger partial charge in [-0.2, -0.15) is 0 Å². The van der Waals surface area contributed by atoms with Gasteiger partial charge in [0.25, 0.3) is 0 Å². The Morgan fingerprint density at radius 3 is 2.50 bits per heavy atom. The zero-order chi connectivity index (χ0) is 14.8. The van der Waals surface area contributed by atoms with E-state index in [1.807, 2.05) is 32.0 Å². The van der Waals surface area contributed by atoms with E-state index in [-0.39, 0.29) is 23.5 Å². The first-order chi connectivity index (χ1) is 9.37. The fourth-order valence-corrected chi connectivity index (χ4v) is 4.30. The van der Waals surface area contributed by atoms with Crippen LogP contribution in [0.15, 0.2) is 18.2 Å². The molecule has 110 valence electrons. The number of sulfone groups is 1. The summed E-state index contributed by atoms with van der Waals surface area (Å²) in [7, 11) is -2.89. The third-order valence-electron chi connectivity index (χ3n) is 3.60. The molecule has 0 aliphatic carbocycles. The maximum Gasteiger partial charge on any atom is 0.319 e. The van der Waals surface area contributed by atoms with E-state index in [1.165, 1.54) is 0 Å². The first kappa shape index (κ1) is 14.8. The lowest BCUT2D eigenvalue weighted by Crippen LogP contribution is -2.33. The van der Waals surface area contributed by atoms with Crippen LogP contribution in [0, 0.1) is 19.8 Å². The Hall–Kier alpha value is -1.56. The molecule has 1 heterocycles. The van der Waals surface area contributed by atoms with E-state index in [1.54, 1.807) is 0 Å². The van der Waals surface area contributed by atoms with Crippen LogP contribution < -0.4 is 10.6 Å². The Balaban J connectivity index is 1.87. The van der Waals surface area contributed by atoms with Crippen molar-refractivity contribution in [2.24, 2.45) is 5.92 Å². The molecule has 1 aromatic carbocycles. The van der Waals surface area contributed by atoms with Crippen LogP contribution in [0.4, 0.5) is 10.5 Å². The fourth-order valence-electron chi connectivity index (χ4n) is 2.44. The van der Waals surface area contributed by atoms with E-state index in [4.69, 9.17) is 0 Å². The molecular weight excluding hydrogens is 276 g/mol. The van der Waals surface area contributed by atoms with Gasteiger partial charge < -0.3 is 10.6 Å². The molecule has 1 aliphatic heterocycles. The second-order valence-electron chi connectivity index (χ2n) is 5.37. The number of hydrogen-bond acceptors (Lipinski definition) is 3. The van der Waals surface area contributed by atoms with E-state index < -0.39 is 9.84 Å². The van der Waals surface area contributed by atoms with Crippen LogP contribution >= 0.6 is 0 Å². The Bertz CT molecular complexity index is 591. The molecule has 0 saturated carbocycles. The number of urea groups is 1. The molecule has 20 heavy (non-hydrogen) atoms. The molecule has 1 aromatic rings. The summed E-state index contributed by atoms with van der Waals surface area (Å²) in [5.41, 5.74) is 2.82.